The van der Waals surface area contributed by atoms with Crippen LogP contribution in [-0.4, -0.2) is 36.0 Å². The fourth-order valence-electron chi connectivity index (χ4n) is 2.30. The molecule has 7 nitrogen and oxygen atoms in total. The molecular weight excluding hydrogens is 588 g/mol. The van der Waals surface area contributed by atoms with Crippen LogP contribution in [0.4, 0.5) is 4.79 Å². The maximum atomic E-state index is 12.5. The van der Waals surface area contributed by atoms with E-state index in [1.165, 1.54) is 6.21 Å². The molecule has 0 aliphatic carbocycles. The van der Waals surface area contributed by atoms with E-state index in [1.54, 1.807) is 13.0 Å². The third kappa shape index (κ3) is 6.93. The van der Waals surface area contributed by atoms with Crippen molar-refractivity contribution >= 4 is 63.4 Å². The van der Waals surface area contributed by atoms with Crippen LogP contribution in [0.5, 0.6) is 5.75 Å². The molecular formula is C19H19I2N3O4. The fourth-order valence-corrected chi connectivity index (χ4v) is 4.19. The Bertz CT molecular complexity index is 860. The summed E-state index contributed by atoms with van der Waals surface area (Å²) in [6.45, 7) is 1.89. The van der Waals surface area contributed by atoms with Gasteiger partial charge < -0.3 is 15.2 Å². The van der Waals surface area contributed by atoms with Crippen LogP contribution >= 0.6 is 45.2 Å². The third-order valence-electron chi connectivity index (χ3n) is 3.60. The molecule has 0 unspecified atom stereocenters. The summed E-state index contributed by atoms with van der Waals surface area (Å²) in [4.78, 5) is 24.3. The van der Waals surface area contributed by atoms with Gasteiger partial charge in [-0.25, -0.2) is 10.2 Å². The van der Waals surface area contributed by atoms with Gasteiger partial charge in [0.15, 0.2) is 0 Å². The second kappa shape index (κ2) is 11.2. The highest BCUT2D eigenvalue weighted by molar-refractivity contribution is 14.1. The van der Waals surface area contributed by atoms with Crippen LogP contribution < -0.4 is 10.7 Å². The van der Waals surface area contributed by atoms with E-state index in [4.69, 9.17) is 4.74 Å². The quantitative estimate of drug-likeness (QED) is 0.256. The van der Waals surface area contributed by atoms with E-state index < -0.39 is 18.0 Å². The predicted molar refractivity (Wildman–Crippen MR) is 123 cm³/mol. The number of ether oxygens (including phenoxy) is 1. The van der Waals surface area contributed by atoms with Crippen molar-refractivity contribution in [3.05, 3.63) is 60.7 Å². The van der Waals surface area contributed by atoms with Crippen LogP contribution in [0.1, 0.15) is 18.1 Å². The summed E-state index contributed by atoms with van der Waals surface area (Å²) >= 11 is 4.15. The van der Waals surface area contributed by atoms with Gasteiger partial charge >= 0.3 is 6.09 Å². The van der Waals surface area contributed by atoms with Crippen molar-refractivity contribution in [1.29, 1.82) is 0 Å². The maximum absolute atomic E-state index is 12.5. The smallest absolute Gasteiger partial charge is 0.407 e. The lowest BCUT2D eigenvalue weighted by molar-refractivity contribution is -0.123. The molecule has 2 amide bonds. The van der Waals surface area contributed by atoms with Gasteiger partial charge in [0.05, 0.1) is 16.4 Å². The Morgan fingerprint density at radius 3 is 2.64 bits per heavy atom. The van der Waals surface area contributed by atoms with Crippen LogP contribution in [0, 0.1) is 7.14 Å². The van der Waals surface area contributed by atoms with Crippen LogP contribution in [0.15, 0.2) is 47.6 Å². The van der Waals surface area contributed by atoms with Gasteiger partial charge in [0.2, 0.25) is 0 Å². The number of alkyl carbamates (subject to hydrolysis) is 1. The van der Waals surface area contributed by atoms with Gasteiger partial charge in [-0.15, -0.1) is 0 Å². The number of phenolic OH excluding ortho intramolecular Hbond substituents is 1. The molecule has 148 valence electrons. The summed E-state index contributed by atoms with van der Waals surface area (Å²) < 4.78 is 6.49. The first-order valence-electron chi connectivity index (χ1n) is 8.38. The normalized spacial score (nSPS) is 11.8. The van der Waals surface area contributed by atoms with Gasteiger partial charge in [-0.05, 0) is 69.8 Å². The van der Waals surface area contributed by atoms with Crippen molar-refractivity contribution in [3.63, 3.8) is 0 Å². The Kier molecular flexibility index (Phi) is 8.96. The van der Waals surface area contributed by atoms with Gasteiger partial charge in [0.1, 0.15) is 11.8 Å². The Hall–Kier alpha value is -1.89. The SMILES string of the molecule is CCOC(=O)N[C@@H](Cc1ccccc1)C(=O)N/N=C\c1cc(I)cc(I)c1O. The lowest BCUT2D eigenvalue weighted by Gasteiger charge is -2.16. The minimum Gasteiger partial charge on any atom is -0.506 e. The summed E-state index contributed by atoms with van der Waals surface area (Å²) in [6, 6.07) is 12.0. The fraction of sp³-hybridized carbons (Fsp3) is 0.211. The topological polar surface area (TPSA) is 100 Å². The van der Waals surface area contributed by atoms with Gasteiger partial charge in [0, 0.05) is 15.6 Å². The minimum absolute atomic E-state index is 0.0875. The highest BCUT2D eigenvalue weighted by Crippen LogP contribution is 2.25. The Morgan fingerprint density at radius 1 is 1.25 bits per heavy atom. The number of carbonyl (C=O) groups is 2. The molecule has 2 rings (SSSR count). The average Bonchev–Trinajstić information content (AvgIpc) is 2.66. The molecule has 0 aliphatic heterocycles. The number of hydrogen-bond acceptors (Lipinski definition) is 5. The largest absolute Gasteiger partial charge is 0.506 e. The molecule has 9 heteroatoms. The number of phenols is 1. The molecule has 0 aliphatic rings. The zero-order valence-electron chi connectivity index (χ0n) is 15.0. The van der Waals surface area contributed by atoms with E-state index >= 15 is 0 Å². The van der Waals surface area contributed by atoms with E-state index in [0.717, 1.165) is 9.13 Å². The molecule has 0 spiro atoms. The van der Waals surface area contributed by atoms with Crippen molar-refractivity contribution < 1.29 is 19.4 Å². The van der Waals surface area contributed by atoms with Crippen molar-refractivity contribution in [2.75, 3.05) is 6.61 Å². The van der Waals surface area contributed by atoms with Gasteiger partial charge in [-0.3, -0.25) is 4.79 Å². The van der Waals surface area contributed by atoms with E-state index in [0.29, 0.717) is 9.13 Å². The summed E-state index contributed by atoms with van der Waals surface area (Å²) in [6.07, 6.45) is 0.974. The first-order valence-corrected chi connectivity index (χ1v) is 10.5. The molecule has 0 heterocycles. The first kappa shape index (κ1) is 22.4. The number of benzene rings is 2. The van der Waals surface area contributed by atoms with Gasteiger partial charge in [0.25, 0.3) is 5.91 Å². The van der Waals surface area contributed by atoms with Crippen molar-refractivity contribution in [1.82, 2.24) is 10.7 Å². The zero-order chi connectivity index (χ0) is 20.5. The summed E-state index contributed by atoms with van der Waals surface area (Å²) in [5.41, 5.74) is 3.77. The van der Waals surface area contributed by atoms with E-state index in [-0.39, 0.29) is 18.8 Å². The van der Waals surface area contributed by atoms with Gasteiger partial charge in [-0.2, -0.15) is 5.10 Å². The van der Waals surface area contributed by atoms with Crippen LogP contribution in [-0.2, 0) is 16.0 Å². The summed E-state index contributed by atoms with van der Waals surface area (Å²) in [5, 5.41) is 16.5. The number of hydrogen-bond donors (Lipinski definition) is 3. The number of carbonyl (C=O) groups excluding carboxylic acids is 2. The van der Waals surface area contributed by atoms with E-state index in [2.05, 4.69) is 38.4 Å². The number of halogens is 2. The molecule has 0 aromatic heterocycles. The zero-order valence-corrected chi connectivity index (χ0v) is 19.3. The molecule has 0 saturated carbocycles. The molecule has 0 saturated heterocycles. The van der Waals surface area contributed by atoms with E-state index in [1.807, 2.05) is 59.0 Å². The van der Waals surface area contributed by atoms with Gasteiger partial charge in [-0.1, -0.05) is 30.3 Å². The van der Waals surface area contributed by atoms with Crippen molar-refractivity contribution in [2.45, 2.75) is 19.4 Å². The molecule has 2 aromatic carbocycles. The lowest BCUT2D eigenvalue weighted by Crippen LogP contribution is -2.47. The average molecular weight is 607 g/mol. The van der Waals surface area contributed by atoms with Crippen LogP contribution in [0.2, 0.25) is 0 Å². The van der Waals surface area contributed by atoms with Crippen LogP contribution in [0.25, 0.3) is 0 Å². The van der Waals surface area contributed by atoms with Crippen molar-refractivity contribution in [3.8, 4) is 5.75 Å². The monoisotopic (exact) mass is 607 g/mol. The highest BCUT2D eigenvalue weighted by Gasteiger charge is 2.21. The van der Waals surface area contributed by atoms with Crippen LogP contribution in [0.3, 0.4) is 0 Å². The van der Waals surface area contributed by atoms with E-state index in [9.17, 15) is 14.7 Å². The molecule has 28 heavy (non-hydrogen) atoms. The second-order valence-electron chi connectivity index (χ2n) is 5.67. The number of aromatic hydroxyl groups is 1. The number of nitrogens with zero attached hydrogens (tertiary/aromatic N) is 1. The standard InChI is InChI=1S/C19H19I2N3O4/c1-2-28-19(27)23-16(8-12-6-4-3-5-7-12)18(26)24-22-11-13-9-14(20)10-15(21)17(13)25/h3-7,9-11,16,25H,2,8H2,1H3,(H,23,27)(H,24,26)/b22-11-/t16-/m0/s1. The third-order valence-corrected chi connectivity index (χ3v) is 5.05. The maximum Gasteiger partial charge on any atom is 0.407 e. The molecule has 3 N–H and O–H groups in total. The second-order valence-corrected chi connectivity index (χ2v) is 8.07. The number of nitrogens with one attached hydrogen (secondary N) is 2. The van der Waals surface area contributed by atoms with Crippen molar-refractivity contribution in [2.24, 2.45) is 5.10 Å². The Morgan fingerprint density at radius 2 is 1.96 bits per heavy atom. The molecule has 0 radical (unpaired) electrons. The molecule has 0 bridgehead atoms. The predicted octanol–water partition coefficient (Wildman–Crippen LogP) is 3.41. The number of amides is 2. The molecule has 2 aromatic rings. The minimum atomic E-state index is -0.858. The Balaban J connectivity index is 2.09. The molecule has 0 fully saturated rings. The molecule has 1 atom stereocenters. The Labute approximate surface area is 190 Å². The summed E-state index contributed by atoms with van der Waals surface area (Å²) in [5.74, 6) is -0.405. The number of rotatable bonds is 7. The highest BCUT2D eigenvalue weighted by atomic mass is 127. The number of hydrazone groups is 1. The summed E-state index contributed by atoms with van der Waals surface area (Å²) in [7, 11) is 0. The first-order chi connectivity index (χ1) is 13.4. The lowest BCUT2D eigenvalue weighted by atomic mass is 10.1.